The predicted molar refractivity (Wildman–Crippen MR) is 79.8 cm³/mol. The Morgan fingerprint density at radius 1 is 1.41 bits per heavy atom. The Morgan fingerprint density at radius 2 is 2.14 bits per heavy atom. The minimum Gasteiger partial charge on any atom is -0.332 e. The highest BCUT2D eigenvalue weighted by atomic mass is 32.2. The van der Waals surface area contributed by atoms with E-state index in [9.17, 15) is 18.5 Å². The van der Waals surface area contributed by atoms with E-state index in [1.165, 1.54) is 24.4 Å². The fourth-order valence-electron chi connectivity index (χ4n) is 1.79. The van der Waals surface area contributed by atoms with Crippen LogP contribution in [0.5, 0.6) is 0 Å². The number of nitrogens with one attached hydrogen (secondary N) is 2. The Morgan fingerprint density at radius 3 is 2.73 bits per heavy atom. The van der Waals surface area contributed by atoms with Crippen molar-refractivity contribution in [3.8, 4) is 0 Å². The molecule has 1 heterocycles. The van der Waals surface area contributed by atoms with E-state index in [-0.39, 0.29) is 23.2 Å². The van der Waals surface area contributed by atoms with E-state index >= 15 is 0 Å². The number of rotatable bonds is 6. The summed E-state index contributed by atoms with van der Waals surface area (Å²) in [7, 11) is -3.74. The van der Waals surface area contributed by atoms with Crippen molar-refractivity contribution in [1.29, 1.82) is 0 Å². The summed E-state index contributed by atoms with van der Waals surface area (Å²) >= 11 is 0. The largest absolute Gasteiger partial charge is 0.332 e. The van der Waals surface area contributed by atoms with Crippen LogP contribution in [-0.4, -0.2) is 23.3 Å². The molecule has 0 aliphatic rings. The Kier molecular flexibility index (Phi) is 4.57. The summed E-state index contributed by atoms with van der Waals surface area (Å²) in [6.07, 6.45) is 1.26. The molecule has 1 aromatic carbocycles. The fourth-order valence-corrected chi connectivity index (χ4v) is 2.73. The minimum absolute atomic E-state index is 0.0263. The molecule has 22 heavy (non-hydrogen) atoms. The van der Waals surface area contributed by atoms with Crippen LogP contribution in [0.1, 0.15) is 31.2 Å². The number of hydrogen-bond donors (Lipinski definition) is 2. The zero-order valence-corrected chi connectivity index (χ0v) is 12.9. The van der Waals surface area contributed by atoms with E-state index in [0.29, 0.717) is 11.4 Å². The van der Waals surface area contributed by atoms with Crippen LogP contribution in [0.2, 0.25) is 0 Å². The lowest BCUT2D eigenvalue weighted by Gasteiger charge is -2.05. The van der Waals surface area contributed by atoms with Gasteiger partial charge in [0.15, 0.2) is 5.03 Å². The molecule has 0 fully saturated rings. The first kappa shape index (κ1) is 16.1. The molecule has 1 aromatic heterocycles. The zero-order valence-electron chi connectivity index (χ0n) is 12.1. The van der Waals surface area contributed by atoms with Crippen molar-refractivity contribution < 1.29 is 13.3 Å². The Labute approximate surface area is 127 Å². The van der Waals surface area contributed by atoms with Gasteiger partial charge in [0.25, 0.3) is 15.7 Å². The molecule has 8 nitrogen and oxygen atoms in total. The molecule has 9 heteroatoms. The van der Waals surface area contributed by atoms with Gasteiger partial charge in [0.05, 0.1) is 11.1 Å². The SMILES string of the molecule is CC(C)c1ncc(S(=O)(=O)NCc2cccc([N+](=O)[O-])c2)[nH]1. The van der Waals surface area contributed by atoms with E-state index in [1.807, 2.05) is 13.8 Å². The lowest BCUT2D eigenvalue weighted by molar-refractivity contribution is -0.384. The highest BCUT2D eigenvalue weighted by molar-refractivity contribution is 7.89. The summed E-state index contributed by atoms with van der Waals surface area (Å²) < 4.78 is 26.7. The minimum atomic E-state index is -3.74. The van der Waals surface area contributed by atoms with Gasteiger partial charge in [0.2, 0.25) is 0 Å². The molecule has 0 aliphatic heterocycles. The van der Waals surface area contributed by atoms with E-state index in [1.54, 1.807) is 6.07 Å². The number of nitrogens with zero attached hydrogens (tertiary/aromatic N) is 2. The first-order valence-corrected chi connectivity index (χ1v) is 8.06. The molecule has 0 saturated carbocycles. The highest BCUT2D eigenvalue weighted by Gasteiger charge is 2.18. The summed E-state index contributed by atoms with van der Waals surface area (Å²) in [4.78, 5) is 16.9. The van der Waals surface area contributed by atoms with Gasteiger partial charge in [-0.2, -0.15) is 0 Å². The van der Waals surface area contributed by atoms with Gasteiger partial charge >= 0.3 is 0 Å². The summed E-state index contributed by atoms with van der Waals surface area (Å²) in [5, 5.41) is 10.7. The smallest absolute Gasteiger partial charge is 0.269 e. The van der Waals surface area contributed by atoms with Gasteiger partial charge in [-0.25, -0.2) is 18.1 Å². The number of nitro benzene ring substituents is 1. The summed E-state index contributed by atoms with van der Waals surface area (Å²) in [6, 6.07) is 5.80. The molecule has 0 unspecified atom stereocenters. The van der Waals surface area contributed by atoms with Gasteiger partial charge in [0, 0.05) is 24.6 Å². The molecule has 0 saturated heterocycles. The number of nitro groups is 1. The Bertz CT molecular complexity index is 783. The number of aromatic amines is 1. The number of hydrogen-bond acceptors (Lipinski definition) is 5. The van der Waals surface area contributed by atoms with Crippen molar-refractivity contribution in [2.75, 3.05) is 0 Å². The number of imidazole rings is 1. The van der Waals surface area contributed by atoms with Crippen LogP contribution < -0.4 is 4.72 Å². The van der Waals surface area contributed by atoms with Crippen LogP contribution in [0.3, 0.4) is 0 Å². The van der Waals surface area contributed by atoms with E-state index in [0.717, 1.165) is 0 Å². The van der Waals surface area contributed by atoms with Crippen molar-refractivity contribution in [3.63, 3.8) is 0 Å². The second-order valence-electron chi connectivity index (χ2n) is 5.04. The second kappa shape index (κ2) is 6.24. The van der Waals surface area contributed by atoms with Gasteiger partial charge < -0.3 is 4.98 Å². The standard InChI is InChI=1S/C13H16N4O4S/c1-9(2)13-14-8-12(16-13)22(20,21)15-7-10-4-3-5-11(6-10)17(18)19/h3-6,8-9,15H,7H2,1-2H3,(H,14,16). The molecule has 118 valence electrons. The lowest BCUT2D eigenvalue weighted by atomic mass is 10.2. The Balaban J connectivity index is 2.12. The first-order valence-electron chi connectivity index (χ1n) is 6.57. The van der Waals surface area contributed by atoms with Crippen molar-refractivity contribution in [2.24, 2.45) is 0 Å². The maximum Gasteiger partial charge on any atom is 0.269 e. The second-order valence-corrected chi connectivity index (χ2v) is 6.77. The summed E-state index contributed by atoms with van der Waals surface area (Å²) in [6.45, 7) is 3.75. The van der Waals surface area contributed by atoms with Gasteiger partial charge in [-0.3, -0.25) is 10.1 Å². The van der Waals surface area contributed by atoms with Crippen LogP contribution in [-0.2, 0) is 16.6 Å². The number of sulfonamides is 1. The third kappa shape index (κ3) is 3.68. The Hall–Kier alpha value is -2.26. The van der Waals surface area contributed by atoms with Crippen LogP contribution >= 0.6 is 0 Å². The van der Waals surface area contributed by atoms with Crippen LogP contribution in [0.15, 0.2) is 35.5 Å². The van der Waals surface area contributed by atoms with Crippen LogP contribution in [0, 0.1) is 10.1 Å². The van der Waals surface area contributed by atoms with Gasteiger partial charge in [-0.15, -0.1) is 0 Å². The maximum absolute atomic E-state index is 12.1. The number of aromatic nitrogens is 2. The molecule has 0 bridgehead atoms. The number of benzene rings is 1. The van der Waals surface area contributed by atoms with Crippen molar-refractivity contribution in [3.05, 3.63) is 52.0 Å². The average Bonchev–Trinajstić information content (AvgIpc) is 2.96. The number of non-ortho nitro benzene ring substituents is 1. The van der Waals surface area contributed by atoms with E-state index in [2.05, 4.69) is 14.7 Å². The zero-order chi connectivity index (χ0) is 16.3. The van der Waals surface area contributed by atoms with Gasteiger partial charge in [0.1, 0.15) is 5.82 Å². The van der Waals surface area contributed by atoms with E-state index in [4.69, 9.17) is 0 Å². The maximum atomic E-state index is 12.1. The third-order valence-corrected chi connectivity index (χ3v) is 4.31. The van der Waals surface area contributed by atoms with Gasteiger partial charge in [-0.05, 0) is 5.56 Å². The van der Waals surface area contributed by atoms with Crippen LogP contribution in [0.25, 0.3) is 0 Å². The molecule has 0 atom stereocenters. The normalized spacial score (nSPS) is 11.8. The molecule has 2 rings (SSSR count). The number of H-pyrrole nitrogens is 1. The van der Waals surface area contributed by atoms with Crippen molar-refractivity contribution in [2.45, 2.75) is 31.3 Å². The van der Waals surface area contributed by atoms with Crippen LogP contribution in [0.4, 0.5) is 5.69 Å². The molecule has 0 aliphatic carbocycles. The van der Waals surface area contributed by atoms with E-state index < -0.39 is 14.9 Å². The average molecular weight is 324 g/mol. The summed E-state index contributed by atoms with van der Waals surface area (Å²) in [5.41, 5.74) is 0.418. The molecule has 0 amide bonds. The monoisotopic (exact) mass is 324 g/mol. The third-order valence-electron chi connectivity index (χ3n) is 3.00. The highest BCUT2D eigenvalue weighted by Crippen LogP contribution is 2.15. The fraction of sp³-hybridized carbons (Fsp3) is 0.308. The molecular weight excluding hydrogens is 308 g/mol. The van der Waals surface area contributed by atoms with Crippen molar-refractivity contribution in [1.82, 2.24) is 14.7 Å². The summed E-state index contributed by atoms with van der Waals surface area (Å²) in [5.74, 6) is 0.663. The predicted octanol–water partition coefficient (Wildman–Crippen LogP) is 1.92. The molecule has 0 radical (unpaired) electrons. The molecule has 2 N–H and O–H groups in total. The first-order chi connectivity index (χ1) is 10.3. The topological polar surface area (TPSA) is 118 Å². The molecule has 0 spiro atoms. The lowest BCUT2D eigenvalue weighted by Crippen LogP contribution is -2.23. The molecule has 2 aromatic rings. The van der Waals surface area contributed by atoms with Crippen molar-refractivity contribution >= 4 is 15.7 Å². The van der Waals surface area contributed by atoms with Gasteiger partial charge in [-0.1, -0.05) is 26.0 Å². The quantitative estimate of drug-likeness (QED) is 0.621. The molecular formula is C13H16N4O4S.